The molecule has 0 amide bonds. The van der Waals surface area contributed by atoms with Crippen molar-refractivity contribution >= 4 is 11.8 Å². The van der Waals surface area contributed by atoms with E-state index in [-0.39, 0.29) is 5.54 Å². The Kier molecular flexibility index (Phi) is 7.56. The molecule has 0 aromatic rings. The highest BCUT2D eigenvalue weighted by Gasteiger charge is 2.41. The van der Waals surface area contributed by atoms with Gasteiger partial charge in [0.2, 0.25) is 0 Å². The summed E-state index contributed by atoms with van der Waals surface area (Å²) >= 11 is 2.07. The van der Waals surface area contributed by atoms with Crippen LogP contribution in [0.3, 0.4) is 0 Å². The highest BCUT2D eigenvalue weighted by Crippen LogP contribution is 2.38. The normalized spacial score (nSPS) is 28.8. The van der Waals surface area contributed by atoms with E-state index in [0.29, 0.717) is 12.5 Å². The Morgan fingerprint density at radius 1 is 1.29 bits per heavy atom. The van der Waals surface area contributed by atoms with Crippen molar-refractivity contribution in [1.29, 1.82) is 0 Å². The van der Waals surface area contributed by atoms with Gasteiger partial charge in [0, 0.05) is 5.54 Å². The fraction of sp³-hybridized carbons (Fsp3) is 1.00. The third kappa shape index (κ3) is 4.46. The Labute approximate surface area is 111 Å². The lowest BCUT2D eigenvalue weighted by Crippen LogP contribution is -2.51. The summed E-state index contributed by atoms with van der Waals surface area (Å²) in [5, 5.41) is 13.4. The molecular weight excluding hydrogens is 230 g/mol. The average molecular weight is 259 g/mol. The van der Waals surface area contributed by atoms with Crippen molar-refractivity contribution in [1.82, 2.24) is 5.32 Å². The highest BCUT2D eigenvalue weighted by atomic mass is 32.2. The van der Waals surface area contributed by atoms with Gasteiger partial charge in [0.15, 0.2) is 0 Å². The lowest BCUT2D eigenvalue weighted by molar-refractivity contribution is 0.122. The van der Waals surface area contributed by atoms with Crippen LogP contribution in [0, 0.1) is 5.92 Å². The maximum Gasteiger partial charge on any atom is 0.0616 e. The second-order valence-electron chi connectivity index (χ2n) is 5.23. The molecule has 2 nitrogen and oxygen atoms in total. The first-order chi connectivity index (χ1) is 8.29. The van der Waals surface area contributed by atoms with Crippen molar-refractivity contribution in [3.63, 3.8) is 0 Å². The predicted molar refractivity (Wildman–Crippen MR) is 77.7 cm³/mol. The van der Waals surface area contributed by atoms with E-state index >= 15 is 0 Å². The lowest BCUT2D eigenvalue weighted by Gasteiger charge is -2.35. The molecule has 0 aliphatic heterocycles. The molecule has 1 fully saturated rings. The first-order valence-corrected chi connectivity index (χ1v) is 8.38. The zero-order valence-electron chi connectivity index (χ0n) is 11.5. The molecule has 0 spiro atoms. The molecule has 0 bridgehead atoms. The summed E-state index contributed by atoms with van der Waals surface area (Å²) in [6.07, 6.45) is 7.42. The second kappa shape index (κ2) is 8.39. The van der Waals surface area contributed by atoms with Crippen molar-refractivity contribution in [2.45, 2.75) is 57.9 Å². The minimum atomic E-state index is 0.0444. The standard InChI is InChI=1S/C14H29NOS/c1-3-9-15-14(12-16)8-5-6-13(14)7-11-17-10-4-2/h13,15-16H,3-12H2,1-2H3. The summed E-state index contributed by atoms with van der Waals surface area (Å²) in [5.74, 6) is 3.22. The molecule has 102 valence electrons. The molecule has 0 heterocycles. The van der Waals surface area contributed by atoms with Crippen LogP contribution in [0.1, 0.15) is 52.4 Å². The van der Waals surface area contributed by atoms with E-state index in [4.69, 9.17) is 0 Å². The third-order valence-corrected chi connectivity index (χ3v) is 5.15. The molecule has 0 radical (unpaired) electrons. The van der Waals surface area contributed by atoms with Gasteiger partial charge in [-0.25, -0.2) is 0 Å². The Morgan fingerprint density at radius 2 is 2.12 bits per heavy atom. The van der Waals surface area contributed by atoms with Gasteiger partial charge in [0.1, 0.15) is 0 Å². The number of rotatable bonds is 9. The molecule has 0 saturated heterocycles. The zero-order valence-corrected chi connectivity index (χ0v) is 12.3. The van der Waals surface area contributed by atoms with Crippen LogP contribution in [0.4, 0.5) is 0 Å². The van der Waals surface area contributed by atoms with Crippen molar-refractivity contribution in [3.8, 4) is 0 Å². The van der Waals surface area contributed by atoms with Crippen molar-refractivity contribution in [2.24, 2.45) is 5.92 Å². The topological polar surface area (TPSA) is 32.3 Å². The number of aliphatic hydroxyl groups excluding tert-OH is 1. The molecular formula is C14H29NOS. The van der Waals surface area contributed by atoms with Crippen molar-refractivity contribution < 1.29 is 5.11 Å². The Bertz CT molecular complexity index is 201. The smallest absolute Gasteiger partial charge is 0.0616 e. The second-order valence-corrected chi connectivity index (χ2v) is 6.46. The van der Waals surface area contributed by atoms with Crippen LogP contribution in [-0.4, -0.2) is 35.3 Å². The lowest BCUT2D eigenvalue weighted by atomic mass is 9.85. The molecule has 3 heteroatoms. The minimum Gasteiger partial charge on any atom is -0.394 e. The van der Waals surface area contributed by atoms with Crippen molar-refractivity contribution in [2.75, 3.05) is 24.7 Å². The SMILES string of the molecule is CCCNC1(CO)CCCC1CCSCCC. The quantitative estimate of drug-likeness (QED) is 0.624. The van der Waals surface area contributed by atoms with E-state index in [0.717, 1.165) is 19.4 Å². The van der Waals surface area contributed by atoms with Gasteiger partial charge in [-0.15, -0.1) is 0 Å². The number of thioether (sulfide) groups is 1. The van der Waals surface area contributed by atoms with Gasteiger partial charge in [-0.1, -0.05) is 20.3 Å². The average Bonchev–Trinajstić information content (AvgIpc) is 2.76. The maximum atomic E-state index is 9.75. The van der Waals surface area contributed by atoms with E-state index in [9.17, 15) is 5.11 Å². The molecule has 0 aromatic heterocycles. The van der Waals surface area contributed by atoms with Crippen LogP contribution in [0.5, 0.6) is 0 Å². The van der Waals surface area contributed by atoms with E-state index in [1.165, 1.54) is 37.2 Å². The summed E-state index contributed by atoms with van der Waals surface area (Å²) in [6, 6.07) is 0. The Hall–Kier alpha value is 0.270. The number of hydrogen-bond acceptors (Lipinski definition) is 3. The molecule has 1 aliphatic rings. The maximum absolute atomic E-state index is 9.75. The van der Waals surface area contributed by atoms with Crippen LogP contribution < -0.4 is 5.32 Å². The van der Waals surface area contributed by atoms with Gasteiger partial charge < -0.3 is 10.4 Å². The van der Waals surface area contributed by atoms with Gasteiger partial charge >= 0.3 is 0 Å². The first kappa shape index (κ1) is 15.3. The van der Waals surface area contributed by atoms with Crippen molar-refractivity contribution in [3.05, 3.63) is 0 Å². The number of nitrogens with one attached hydrogen (secondary N) is 1. The fourth-order valence-electron chi connectivity index (χ4n) is 2.91. The molecule has 2 unspecified atom stereocenters. The highest BCUT2D eigenvalue weighted by molar-refractivity contribution is 7.99. The first-order valence-electron chi connectivity index (χ1n) is 7.22. The molecule has 1 rings (SSSR count). The molecule has 0 aromatic carbocycles. The van der Waals surface area contributed by atoms with E-state index < -0.39 is 0 Å². The predicted octanol–water partition coefficient (Wildman–Crippen LogP) is 3.05. The van der Waals surface area contributed by atoms with Crippen LogP contribution in [-0.2, 0) is 0 Å². The minimum absolute atomic E-state index is 0.0444. The summed E-state index contributed by atoms with van der Waals surface area (Å²) in [6.45, 7) is 5.79. The summed E-state index contributed by atoms with van der Waals surface area (Å²) in [4.78, 5) is 0. The number of hydrogen-bond donors (Lipinski definition) is 2. The molecule has 1 aliphatic carbocycles. The summed E-state index contributed by atoms with van der Waals surface area (Å²) in [5.41, 5.74) is 0.0444. The van der Waals surface area contributed by atoms with Gasteiger partial charge in [0.05, 0.1) is 6.61 Å². The van der Waals surface area contributed by atoms with Gasteiger partial charge in [-0.2, -0.15) is 11.8 Å². The number of aliphatic hydroxyl groups is 1. The van der Waals surface area contributed by atoms with Gasteiger partial charge in [0.25, 0.3) is 0 Å². The van der Waals surface area contributed by atoms with E-state index in [1.54, 1.807) is 0 Å². The van der Waals surface area contributed by atoms with Gasteiger partial charge in [-0.3, -0.25) is 0 Å². The largest absolute Gasteiger partial charge is 0.394 e. The van der Waals surface area contributed by atoms with Crippen LogP contribution >= 0.6 is 11.8 Å². The zero-order chi connectivity index (χ0) is 12.6. The fourth-order valence-corrected chi connectivity index (χ4v) is 3.85. The Morgan fingerprint density at radius 3 is 2.76 bits per heavy atom. The Balaban J connectivity index is 2.38. The summed E-state index contributed by atoms with van der Waals surface area (Å²) in [7, 11) is 0. The van der Waals surface area contributed by atoms with E-state index in [1.807, 2.05) is 0 Å². The molecule has 17 heavy (non-hydrogen) atoms. The monoisotopic (exact) mass is 259 g/mol. The summed E-state index contributed by atoms with van der Waals surface area (Å²) < 4.78 is 0. The van der Waals surface area contributed by atoms with Crippen LogP contribution in [0.2, 0.25) is 0 Å². The molecule has 2 N–H and O–H groups in total. The third-order valence-electron chi connectivity index (χ3n) is 3.93. The van der Waals surface area contributed by atoms with Crippen LogP contribution in [0.25, 0.3) is 0 Å². The molecule has 2 atom stereocenters. The van der Waals surface area contributed by atoms with Gasteiger partial charge in [-0.05, 0) is 56.1 Å². The van der Waals surface area contributed by atoms with E-state index in [2.05, 4.69) is 30.9 Å². The van der Waals surface area contributed by atoms with Crippen LogP contribution in [0.15, 0.2) is 0 Å². The molecule has 1 saturated carbocycles.